The van der Waals surface area contributed by atoms with Crippen LogP contribution in [0.1, 0.15) is 10.4 Å². The summed E-state index contributed by atoms with van der Waals surface area (Å²) >= 11 is 6.61. The summed E-state index contributed by atoms with van der Waals surface area (Å²) in [5.74, 6) is -1.12. The zero-order valence-corrected chi connectivity index (χ0v) is 11.7. The molecule has 100 valence electrons. The number of aromatic carboxylic acids is 1. The first-order valence-corrected chi connectivity index (χ1v) is 7.68. The lowest BCUT2D eigenvalue weighted by Gasteiger charge is -2.06. The van der Waals surface area contributed by atoms with Gasteiger partial charge in [0.05, 0.1) is 9.90 Å². The topological polar surface area (TPSA) is 83.5 Å². The van der Waals surface area contributed by atoms with Crippen LogP contribution in [0.15, 0.2) is 40.6 Å². The minimum absolute atomic E-state index is 0.00409. The third-order valence-corrected chi connectivity index (χ3v) is 5.28. The minimum atomic E-state index is -3.74. The molecule has 0 amide bonds. The van der Waals surface area contributed by atoms with Crippen LogP contribution >= 0.6 is 22.9 Å². The predicted molar refractivity (Wildman–Crippen MR) is 73.5 cm³/mol. The van der Waals surface area contributed by atoms with Crippen LogP contribution in [0.5, 0.6) is 0 Å². The van der Waals surface area contributed by atoms with Crippen LogP contribution in [0.2, 0.25) is 4.34 Å². The zero-order chi connectivity index (χ0) is 14.0. The van der Waals surface area contributed by atoms with Crippen molar-refractivity contribution in [3.05, 3.63) is 46.3 Å². The lowest BCUT2D eigenvalue weighted by molar-refractivity contribution is 0.0697. The summed E-state index contributed by atoms with van der Waals surface area (Å²) in [5, 5.41) is 8.84. The van der Waals surface area contributed by atoms with E-state index in [0.29, 0.717) is 4.34 Å². The molecule has 0 radical (unpaired) electrons. The van der Waals surface area contributed by atoms with Crippen molar-refractivity contribution in [2.45, 2.75) is 4.21 Å². The molecule has 0 bridgehead atoms. The summed E-state index contributed by atoms with van der Waals surface area (Å²) in [6.45, 7) is 0. The maximum absolute atomic E-state index is 12.0. The normalized spacial score (nSPS) is 11.2. The molecular weight excluding hydrogens is 310 g/mol. The van der Waals surface area contributed by atoms with Gasteiger partial charge in [-0.3, -0.25) is 4.72 Å². The highest BCUT2D eigenvalue weighted by atomic mass is 35.5. The molecule has 0 spiro atoms. The number of sulfonamides is 1. The van der Waals surface area contributed by atoms with Gasteiger partial charge in [-0.15, -0.1) is 11.3 Å². The Labute approximate surface area is 118 Å². The molecule has 0 fully saturated rings. The van der Waals surface area contributed by atoms with Gasteiger partial charge in [-0.1, -0.05) is 17.7 Å². The van der Waals surface area contributed by atoms with E-state index in [1.807, 2.05) is 0 Å². The van der Waals surface area contributed by atoms with E-state index in [1.54, 1.807) is 0 Å². The van der Waals surface area contributed by atoms with Crippen molar-refractivity contribution >= 4 is 44.6 Å². The molecule has 0 aliphatic heterocycles. The second-order valence-electron chi connectivity index (χ2n) is 3.55. The van der Waals surface area contributed by atoms with E-state index >= 15 is 0 Å². The van der Waals surface area contributed by atoms with Crippen molar-refractivity contribution in [1.82, 2.24) is 0 Å². The molecule has 1 aromatic heterocycles. The molecule has 1 heterocycles. The summed E-state index contributed by atoms with van der Waals surface area (Å²) in [4.78, 5) is 10.8. The number of halogens is 1. The van der Waals surface area contributed by atoms with Gasteiger partial charge in [-0.05, 0) is 30.3 Å². The Kier molecular flexibility index (Phi) is 3.79. The molecule has 0 aliphatic rings. The lowest BCUT2D eigenvalue weighted by atomic mass is 10.2. The number of benzene rings is 1. The van der Waals surface area contributed by atoms with E-state index in [1.165, 1.54) is 36.4 Å². The van der Waals surface area contributed by atoms with E-state index in [9.17, 15) is 13.2 Å². The summed E-state index contributed by atoms with van der Waals surface area (Å²) in [5.41, 5.74) is 0.189. The Morgan fingerprint density at radius 1 is 1.26 bits per heavy atom. The fourth-order valence-corrected chi connectivity index (χ4v) is 3.90. The van der Waals surface area contributed by atoms with Gasteiger partial charge in [-0.25, -0.2) is 13.2 Å². The van der Waals surface area contributed by atoms with Gasteiger partial charge in [0.1, 0.15) is 4.21 Å². The zero-order valence-electron chi connectivity index (χ0n) is 9.33. The van der Waals surface area contributed by atoms with Gasteiger partial charge in [0, 0.05) is 5.69 Å². The Hall–Kier alpha value is -1.57. The van der Waals surface area contributed by atoms with Crippen molar-refractivity contribution in [2.24, 2.45) is 0 Å². The SMILES string of the molecule is O=C(O)c1cccc(NS(=O)(=O)c2ccc(Cl)s2)c1. The van der Waals surface area contributed by atoms with E-state index in [-0.39, 0.29) is 15.5 Å². The van der Waals surface area contributed by atoms with Crippen LogP contribution < -0.4 is 4.72 Å². The quantitative estimate of drug-likeness (QED) is 0.908. The van der Waals surface area contributed by atoms with Gasteiger partial charge in [0.2, 0.25) is 0 Å². The van der Waals surface area contributed by atoms with Crippen LogP contribution in [0.25, 0.3) is 0 Å². The van der Waals surface area contributed by atoms with E-state index in [4.69, 9.17) is 16.7 Å². The first-order valence-electron chi connectivity index (χ1n) is 5.00. The molecule has 5 nitrogen and oxygen atoms in total. The third kappa shape index (κ3) is 3.25. The van der Waals surface area contributed by atoms with Crippen molar-refractivity contribution in [3.8, 4) is 0 Å². The average Bonchev–Trinajstić information content (AvgIpc) is 2.76. The molecule has 1 aromatic carbocycles. The first-order chi connectivity index (χ1) is 8.88. The first kappa shape index (κ1) is 13.9. The third-order valence-electron chi connectivity index (χ3n) is 2.18. The molecule has 2 rings (SSSR count). The highest BCUT2D eigenvalue weighted by Gasteiger charge is 2.17. The molecule has 19 heavy (non-hydrogen) atoms. The summed E-state index contributed by atoms with van der Waals surface area (Å²) in [6, 6.07) is 8.42. The smallest absolute Gasteiger partial charge is 0.335 e. The fourth-order valence-electron chi connectivity index (χ4n) is 1.36. The molecule has 2 N–H and O–H groups in total. The van der Waals surface area contributed by atoms with Crippen LogP contribution in [-0.4, -0.2) is 19.5 Å². The van der Waals surface area contributed by atoms with Gasteiger partial charge in [-0.2, -0.15) is 0 Å². The predicted octanol–water partition coefficient (Wildman–Crippen LogP) is 2.90. The van der Waals surface area contributed by atoms with Crippen molar-refractivity contribution in [1.29, 1.82) is 0 Å². The Morgan fingerprint density at radius 2 is 2.00 bits per heavy atom. The number of carboxylic acid groups (broad SMARTS) is 1. The number of hydrogen-bond donors (Lipinski definition) is 2. The van der Waals surface area contributed by atoms with Crippen molar-refractivity contribution < 1.29 is 18.3 Å². The van der Waals surface area contributed by atoms with Crippen molar-refractivity contribution in [3.63, 3.8) is 0 Å². The molecule has 0 saturated carbocycles. The van der Waals surface area contributed by atoms with Gasteiger partial charge < -0.3 is 5.11 Å². The molecule has 0 unspecified atom stereocenters. The van der Waals surface area contributed by atoms with Crippen molar-refractivity contribution in [2.75, 3.05) is 4.72 Å². The molecule has 0 saturated heterocycles. The largest absolute Gasteiger partial charge is 0.478 e. The Balaban J connectivity index is 2.30. The number of rotatable bonds is 4. The van der Waals surface area contributed by atoms with Crippen LogP contribution in [-0.2, 0) is 10.0 Å². The molecule has 8 heteroatoms. The van der Waals surface area contributed by atoms with Crippen LogP contribution in [0.3, 0.4) is 0 Å². The molecule has 0 aliphatic carbocycles. The highest BCUT2D eigenvalue weighted by Crippen LogP contribution is 2.27. The number of nitrogens with one attached hydrogen (secondary N) is 1. The second kappa shape index (κ2) is 5.20. The summed E-state index contributed by atoms with van der Waals surface area (Å²) in [6.07, 6.45) is 0. The maximum Gasteiger partial charge on any atom is 0.335 e. The fraction of sp³-hybridized carbons (Fsp3) is 0. The number of carboxylic acids is 1. The lowest BCUT2D eigenvalue weighted by Crippen LogP contribution is -2.11. The molecule has 0 atom stereocenters. The standard InChI is InChI=1S/C11H8ClNO4S2/c12-9-4-5-10(18-9)19(16,17)13-8-3-1-2-7(6-8)11(14)15/h1-6,13H,(H,14,15). The second-order valence-corrected chi connectivity index (χ2v) is 7.17. The van der Waals surface area contributed by atoms with Crippen LogP contribution in [0, 0.1) is 0 Å². The Bertz CT molecular complexity index is 724. The number of carbonyl (C=O) groups is 1. The highest BCUT2D eigenvalue weighted by molar-refractivity contribution is 7.94. The number of hydrogen-bond acceptors (Lipinski definition) is 4. The monoisotopic (exact) mass is 317 g/mol. The number of thiophene rings is 1. The van der Waals surface area contributed by atoms with E-state index in [2.05, 4.69) is 4.72 Å². The van der Waals surface area contributed by atoms with Gasteiger partial charge in [0.25, 0.3) is 10.0 Å². The average molecular weight is 318 g/mol. The molecular formula is C11H8ClNO4S2. The van der Waals surface area contributed by atoms with Gasteiger partial charge >= 0.3 is 5.97 Å². The van der Waals surface area contributed by atoms with E-state index < -0.39 is 16.0 Å². The summed E-state index contributed by atoms with van der Waals surface area (Å²) < 4.78 is 26.7. The molecule has 2 aromatic rings. The van der Waals surface area contributed by atoms with Crippen LogP contribution in [0.4, 0.5) is 5.69 Å². The maximum atomic E-state index is 12.0. The minimum Gasteiger partial charge on any atom is -0.478 e. The Morgan fingerprint density at radius 3 is 2.58 bits per heavy atom. The van der Waals surface area contributed by atoms with Gasteiger partial charge in [0.15, 0.2) is 0 Å². The number of anilines is 1. The van der Waals surface area contributed by atoms with E-state index in [0.717, 1.165) is 11.3 Å². The summed E-state index contributed by atoms with van der Waals surface area (Å²) in [7, 11) is -3.74.